The van der Waals surface area contributed by atoms with Crippen molar-refractivity contribution in [1.29, 1.82) is 0 Å². The summed E-state index contributed by atoms with van der Waals surface area (Å²) in [6.07, 6.45) is 29.3. The van der Waals surface area contributed by atoms with Crippen molar-refractivity contribution in [2.24, 2.45) is 0 Å². The zero-order valence-electron chi connectivity index (χ0n) is 53.0. The molecule has 15 nitrogen and oxygen atoms in total. The van der Waals surface area contributed by atoms with Crippen molar-refractivity contribution < 1.29 is 57.2 Å². The standard InChI is InChI=1S/C68H109N3O12S/c1-9-11-13-15-17-19-21-23-25-27-29-31-33-43-61(73)79-48-52(81-62(74)44-34-32-30-28-26-24-22-20-18-16-14-12-10-2)50-84-51-59(71-66(78)80-49-57-55-41-37-35-39-53(55)54-40-36-38-42-56(54)57)64(76)69-47-60(72)70-58(65(77)83-68(6,7)8)45-46-63(75)82-67(3,4)5/h35-42,52,57-59H,9-34,43-51H2,1-8H3,(H,69,76)(H,70,72)(H,71,78)/t52-,58-,59+/m1/s1. The molecule has 0 bridgehead atoms. The largest absolute Gasteiger partial charge is 0.462 e. The van der Waals surface area contributed by atoms with Crippen molar-refractivity contribution in [1.82, 2.24) is 16.0 Å². The van der Waals surface area contributed by atoms with Gasteiger partial charge in [0.05, 0.1) is 6.54 Å². The van der Waals surface area contributed by atoms with Crippen LogP contribution in [0.2, 0.25) is 0 Å². The van der Waals surface area contributed by atoms with Crippen molar-refractivity contribution >= 4 is 53.5 Å². The summed E-state index contributed by atoms with van der Waals surface area (Å²) in [6, 6.07) is 13.4. The lowest BCUT2D eigenvalue weighted by Gasteiger charge is -2.25. The Kier molecular flexibility index (Phi) is 37.1. The number of carbonyl (C=O) groups is 7. The maximum Gasteiger partial charge on any atom is 0.407 e. The van der Waals surface area contributed by atoms with Gasteiger partial charge in [0, 0.05) is 36.7 Å². The number of carbonyl (C=O) groups excluding carboxylic acids is 7. The van der Waals surface area contributed by atoms with Gasteiger partial charge in [0.25, 0.3) is 0 Å². The van der Waals surface area contributed by atoms with Crippen molar-refractivity contribution in [3.8, 4) is 11.1 Å². The number of amides is 3. The Morgan fingerprint density at radius 3 is 1.43 bits per heavy atom. The number of rotatable bonds is 46. The van der Waals surface area contributed by atoms with Gasteiger partial charge < -0.3 is 39.6 Å². The molecular weight excluding hydrogens is 1080 g/mol. The molecule has 0 aromatic heterocycles. The number of unbranched alkanes of at least 4 members (excludes halogenated alkanes) is 24. The zero-order valence-corrected chi connectivity index (χ0v) is 53.8. The molecule has 1 aliphatic rings. The van der Waals surface area contributed by atoms with Gasteiger partial charge in [-0.3, -0.25) is 24.0 Å². The third-order valence-electron chi connectivity index (χ3n) is 14.7. The molecule has 3 atom stereocenters. The second-order valence-corrected chi connectivity index (χ2v) is 25.9. The molecule has 2 aromatic rings. The molecule has 0 saturated carbocycles. The molecule has 0 spiro atoms. The van der Waals surface area contributed by atoms with E-state index < -0.39 is 71.8 Å². The molecule has 3 N–H and O–H groups in total. The number of hydrogen-bond donors (Lipinski definition) is 3. The maximum atomic E-state index is 14.1. The van der Waals surface area contributed by atoms with Crippen LogP contribution in [0.1, 0.15) is 265 Å². The molecule has 0 radical (unpaired) electrons. The van der Waals surface area contributed by atoms with E-state index in [-0.39, 0.29) is 62.3 Å². The Balaban J connectivity index is 1.67. The molecule has 84 heavy (non-hydrogen) atoms. The van der Waals surface area contributed by atoms with Crippen molar-refractivity contribution in [3.63, 3.8) is 0 Å². The lowest BCUT2D eigenvalue weighted by Crippen LogP contribution is -2.52. The number of benzene rings is 2. The Hall–Kier alpha value is -5.12. The van der Waals surface area contributed by atoms with E-state index in [0.717, 1.165) is 60.8 Å². The molecule has 0 fully saturated rings. The monoisotopic (exact) mass is 1190 g/mol. The first-order valence-electron chi connectivity index (χ1n) is 32.4. The van der Waals surface area contributed by atoms with Gasteiger partial charge in [-0.2, -0.15) is 11.8 Å². The Morgan fingerprint density at radius 2 is 0.952 bits per heavy atom. The molecule has 474 valence electrons. The quantitative estimate of drug-likeness (QED) is 0.0321. The predicted molar refractivity (Wildman–Crippen MR) is 337 cm³/mol. The van der Waals surface area contributed by atoms with E-state index in [0.29, 0.717) is 12.8 Å². The van der Waals surface area contributed by atoms with Crippen LogP contribution in [0, 0.1) is 0 Å². The summed E-state index contributed by atoms with van der Waals surface area (Å²) in [6.45, 7) is 13.9. The van der Waals surface area contributed by atoms with Gasteiger partial charge in [0.2, 0.25) is 11.8 Å². The van der Waals surface area contributed by atoms with E-state index in [4.69, 9.17) is 23.7 Å². The Bertz CT molecular complexity index is 2180. The molecule has 3 rings (SSSR count). The summed E-state index contributed by atoms with van der Waals surface area (Å²) >= 11 is 1.21. The lowest BCUT2D eigenvalue weighted by atomic mass is 9.98. The third-order valence-corrected chi connectivity index (χ3v) is 15.9. The molecule has 0 unspecified atom stereocenters. The van der Waals surface area contributed by atoms with Gasteiger partial charge in [-0.05, 0) is 83.1 Å². The number of ether oxygens (including phenoxy) is 5. The number of fused-ring (bicyclic) bond motifs is 3. The summed E-state index contributed by atoms with van der Waals surface area (Å²) < 4.78 is 28.5. The SMILES string of the molecule is CCCCCCCCCCCCCCCC(=O)OC[C@H](CSC[C@H](NC(=O)OCC1c2ccccc2-c2ccccc21)C(=O)NCC(=O)N[C@H](CCC(=O)OC(C)(C)C)C(=O)OC(C)(C)C)OC(=O)CCCCCCCCCCCCCCC. The lowest BCUT2D eigenvalue weighted by molar-refractivity contribution is -0.160. The van der Waals surface area contributed by atoms with Crippen molar-refractivity contribution in [3.05, 3.63) is 59.7 Å². The summed E-state index contributed by atoms with van der Waals surface area (Å²) in [4.78, 5) is 93.6. The highest BCUT2D eigenvalue weighted by atomic mass is 32.2. The van der Waals surface area contributed by atoms with Crippen LogP contribution in [0.4, 0.5) is 4.79 Å². The number of alkyl carbamates (subject to hydrolysis) is 1. The van der Waals surface area contributed by atoms with Crippen LogP contribution < -0.4 is 16.0 Å². The van der Waals surface area contributed by atoms with Gasteiger partial charge >= 0.3 is 30.0 Å². The number of nitrogens with one attached hydrogen (secondary N) is 3. The van der Waals surface area contributed by atoms with E-state index in [1.807, 2.05) is 48.5 Å². The maximum absolute atomic E-state index is 14.1. The Morgan fingerprint density at radius 1 is 0.500 bits per heavy atom. The minimum atomic E-state index is -1.26. The molecule has 0 heterocycles. The minimum Gasteiger partial charge on any atom is -0.462 e. The fourth-order valence-electron chi connectivity index (χ4n) is 10.3. The fourth-order valence-corrected chi connectivity index (χ4v) is 11.3. The predicted octanol–water partition coefficient (Wildman–Crippen LogP) is 15.1. The van der Waals surface area contributed by atoms with Crippen LogP contribution in [0.5, 0.6) is 0 Å². The van der Waals surface area contributed by atoms with Crippen LogP contribution in [0.15, 0.2) is 48.5 Å². The fraction of sp³-hybridized carbons (Fsp3) is 0.721. The first kappa shape index (κ1) is 73.1. The molecule has 0 aliphatic heterocycles. The minimum absolute atomic E-state index is 0.0128. The highest BCUT2D eigenvalue weighted by molar-refractivity contribution is 7.99. The molecule has 3 amide bonds. The van der Waals surface area contributed by atoms with E-state index in [1.54, 1.807) is 41.5 Å². The normalized spacial score (nSPS) is 13.2. The van der Waals surface area contributed by atoms with Gasteiger partial charge in [0.15, 0.2) is 0 Å². The molecular formula is C68H109N3O12S. The summed E-state index contributed by atoms with van der Waals surface area (Å²) in [7, 11) is 0. The van der Waals surface area contributed by atoms with E-state index in [2.05, 4.69) is 29.8 Å². The average Bonchev–Trinajstić information content (AvgIpc) is 2.01. The van der Waals surface area contributed by atoms with Gasteiger partial charge in [-0.25, -0.2) is 9.59 Å². The van der Waals surface area contributed by atoms with Crippen LogP contribution >= 0.6 is 11.8 Å². The second kappa shape index (κ2) is 42.7. The third kappa shape index (κ3) is 33.5. The number of esters is 4. The van der Waals surface area contributed by atoms with Crippen molar-refractivity contribution in [2.75, 3.05) is 31.3 Å². The summed E-state index contributed by atoms with van der Waals surface area (Å²) in [5, 5.41) is 7.87. The van der Waals surface area contributed by atoms with E-state index in [1.165, 1.54) is 127 Å². The topological polar surface area (TPSA) is 202 Å². The van der Waals surface area contributed by atoms with E-state index in [9.17, 15) is 33.6 Å². The smallest absolute Gasteiger partial charge is 0.407 e. The van der Waals surface area contributed by atoms with Crippen molar-refractivity contribution in [2.45, 2.75) is 283 Å². The zero-order chi connectivity index (χ0) is 61.4. The van der Waals surface area contributed by atoms with Crippen LogP contribution in [0.3, 0.4) is 0 Å². The van der Waals surface area contributed by atoms with Crippen LogP contribution in [0.25, 0.3) is 11.1 Å². The van der Waals surface area contributed by atoms with Gasteiger partial charge in [0.1, 0.15) is 42.6 Å². The second-order valence-electron chi connectivity index (χ2n) is 24.8. The van der Waals surface area contributed by atoms with Crippen LogP contribution in [-0.2, 0) is 52.5 Å². The molecule has 2 aromatic carbocycles. The molecule has 1 aliphatic carbocycles. The highest BCUT2D eigenvalue weighted by Gasteiger charge is 2.32. The molecule has 16 heteroatoms. The highest BCUT2D eigenvalue weighted by Crippen LogP contribution is 2.44. The first-order valence-corrected chi connectivity index (χ1v) is 33.5. The molecule has 0 saturated heterocycles. The number of hydrogen-bond acceptors (Lipinski definition) is 13. The summed E-state index contributed by atoms with van der Waals surface area (Å²) in [5.74, 6) is -3.73. The van der Waals surface area contributed by atoms with Gasteiger partial charge in [-0.15, -0.1) is 0 Å². The number of thioether (sulfide) groups is 1. The first-order chi connectivity index (χ1) is 40.3. The van der Waals surface area contributed by atoms with E-state index >= 15 is 0 Å². The van der Waals surface area contributed by atoms with Crippen LogP contribution in [-0.4, -0.2) is 102 Å². The summed E-state index contributed by atoms with van der Waals surface area (Å²) in [5.41, 5.74) is 2.47. The Labute approximate surface area is 509 Å². The van der Waals surface area contributed by atoms with Gasteiger partial charge in [-0.1, -0.05) is 216 Å². The average molecular weight is 1190 g/mol.